The highest BCUT2D eigenvalue weighted by Crippen LogP contribution is 2.18. The zero-order valence-corrected chi connectivity index (χ0v) is 11.2. The molecule has 0 saturated carbocycles. The molecule has 0 aliphatic carbocycles. The number of rotatable bonds is 4. The van der Waals surface area contributed by atoms with E-state index in [0.29, 0.717) is 12.1 Å². The number of aliphatic hydroxyl groups is 1. The monoisotopic (exact) mass is 278 g/mol. The van der Waals surface area contributed by atoms with Crippen molar-refractivity contribution in [3.63, 3.8) is 0 Å². The van der Waals surface area contributed by atoms with E-state index in [9.17, 15) is 14.7 Å². The number of benzene rings is 1. The van der Waals surface area contributed by atoms with Crippen molar-refractivity contribution in [3.8, 4) is 0 Å². The van der Waals surface area contributed by atoms with Crippen molar-refractivity contribution in [3.05, 3.63) is 34.9 Å². The first kappa shape index (κ1) is 14.5. The molecule has 108 valence electrons. The summed E-state index contributed by atoms with van der Waals surface area (Å²) in [5.41, 5.74) is 2.47. The van der Waals surface area contributed by atoms with Crippen LogP contribution in [0.3, 0.4) is 0 Å². The lowest BCUT2D eigenvalue weighted by Gasteiger charge is -2.22. The van der Waals surface area contributed by atoms with Crippen LogP contribution in [0.25, 0.3) is 0 Å². The Morgan fingerprint density at radius 3 is 2.80 bits per heavy atom. The Bertz CT molecular complexity index is 528. The highest BCUT2D eigenvalue weighted by atomic mass is 16.4. The number of fused-ring (bicyclic) bond motifs is 1. The number of nitrogens with one attached hydrogen (secondary N) is 2. The van der Waals surface area contributed by atoms with Gasteiger partial charge in [0.15, 0.2) is 6.04 Å². The summed E-state index contributed by atoms with van der Waals surface area (Å²) in [7, 11) is 0. The van der Waals surface area contributed by atoms with Gasteiger partial charge in [0.2, 0.25) is 0 Å². The molecule has 1 aliphatic heterocycles. The Morgan fingerprint density at radius 2 is 2.15 bits per heavy atom. The SMILES string of the molecule is C[C@@H](O)[C@H](NC(=O)c1cccc2c1CCNC2)C(=O)O. The molecule has 1 aromatic rings. The van der Waals surface area contributed by atoms with E-state index in [0.717, 1.165) is 24.1 Å². The van der Waals surface area contributed by atoms with Crippen LogP contribution < -0.4 is 10.6 Å². The van der Waals surface area contributed by atoms with Gasteiger partial charge in [-0.2, -0.15) is 0 Å². The molecular formula is C14H18N2O4. The molecule has 0 saturated heterocycles. The Morgan fingerprint density at radius 1 is 1.40 bits per heavy atom. The van der Waals surface area contributed by atoms with E-state index in [4.69, 9.17) is 5.11 Å². The third kappa shape index (κ3) is 2.97. The number of carboxylic acid groups (broad SMARTS) is 1. The molecule has 1 amide bonds. The van der Waals surface area contributed by atoms with Crippen molar-refractivity contribution in [1.82, 2.24) is 10.6 Å². The van der Waals surface area contributed by atoms with Crippen LogP contribution in [-0.4, -0.2) is 40.8 Å². The Hall–Kier alpha value is -1.92. The summed E-state index contributed by atoms with van der Waals surface area (Å²) in [5, 5.41) is 24.0. The van der Waals surface area contributed by atoms with E-state index in [2.05, 4.69) is 10.6 Å². The molecule has 0 unspecified atom stereocenters. The first-order chi connectivity index (χ1) is 9.50. The average molecular weight is 278 g/mol. The largest absolute Gasteiger partial charge is 0.480 e. The van der Waals surface area contributed by atoms with Crippen LogP contribution in [0.1, 0.15) is 28.4 Å². The maximum atomic E-state index is 12.2. The minimum absolute atomic E-state index is 0.461. The Kier molecular flexibility index (Phi) is 4.36. The van der Waals surface area contributed by atoms with Crippen molar-refractivity contribution >= 4 is 11.9 Å². The summed E-state index contributed by atoms with van der Waals surface area (Å²) in [4.78, 5) is 23.2. The summed E-state index contributed by atoms with van der Waals surface area (Å²) in [5.74, 6) is -1.71. The lowest BCUT2D eigenvalue weighted by molar-refractivity contribution is -0.141. The molecule has 2 rings (SSSR count). The number of aliphatic hydroxyl groups excluding tert-OH is 1. The fourth-order valence-electron chi connectivity index (χ4n) is 2.35. The predicted molar refractivity (Wildman–Crippen MR) is 72.4 cm³/mol. The number of carbonyl (C=O) groups excluding carboxylic acids is 1. The highest BCUT2D eigenvalue weighted by Gasteiger charge is 2.27. The zero-order valence-electron chi connectivity index (χ0n) is 11.2. The molecular weight excluding hydrogens is 260 g/mol. The molecule has 4 N–H and O–H groups in total. The highest BCUT2D eigenvalue weighted by molar-refractivity contribution is 5.98. The lowest BCUT2D eigenvalue weighted by atomic mass is 9.95. The van der Waals surface area contributed by atoms with E-state index in [1.807, 2.05) is 6.07 Å². The maximum Gasteiger partial charge on any atom is 0.328 e. The second-order valence-corrected chi connectivity index (χ2v) is 4.90. The number of carbonyl (C=O) groups is 2. The number of carboxylic acids is 1. The van der Waals surface area contributed by atoms with Gasteiger partial charge < -0.3 is 20.8 Å². The molecule has 1 aromatic carbocycles. The van der Waals surface area contributed by atoms with E-state index in [1.54, 1.807) is 12.1 Å². The maximum absolute atomic E-state index is 12.2. The van der Waals surface area contributed by atoms with Gasteiger partial charge in [0.1, 0.15) is 0 Å². The van der Waals surface area contributed by atoms with Crippen LogP contribution in [0, 0.1) is 0 Å². The van der Waals surface area contributed by atoms with Crippen molar-refractivity contribution in [1.29, 1.82) is 0 Å². The van der Waals surface area contributed by atoms with Crippen molar-refractivity contribution in [2.45, 2.75) is 32.0 Å². The van der Waals surface area contributed by atoms with Gasteiger partial charge in [-0.1, -0.05) is 12.1 Å². The van der Waals surface area contributed by atoms with Gasteiger partial charge in [-0.15, -0.1) is 0 Å². The number of aliphatic carboxylic acids is 1. The van der Waals surface area contributed by atoms with Crippen LogP contribution in [0.5, 0.6) is 0 Å². The van der Waals surface area contributed by atoms with Crippen LogP contribution in [0.2, 0.25) is 0 Å². The minimum atomic E-state index is -1.31. The van der Waals surface area contributed by atoms with Gasteiger partial charge in [0.05, 0.1) is 6.10 Å². The normalized spacial score (nSPS) is 16.9. The van der Waals surface area contributed by atoms with Crippen molar-refractivity contribution < 1.29 is 19.8 Å². The number of hydrogen-bond acceptors (Lipinski definition) is 4. The molecule has 1 aliphatic rings. The van der Waals surface area contributed by atoms with E-state index >= 15 is 0 Å². The summed E-state index contributed by atoms with van der Waals surface area (Å²) >= 11 is 0. The van der Waals surface area contributed by atoms with Gasteiger partial charge in [0.25, 0.3) is 5.91 Å². The van der Waals surface area contributed by atoms with Gasteiger partial charge in [0, 0.05) is 12.1 Å². The van der Waals surface area contributed by atoms with Crippen LogP contribution in [-0.2, 0) is 17.8 Å². The molecule has 20 heavy (non-hydrogen) atoms. The van der Waals surface area contributed by atoms with Gasteiger partial charge in [-0.3, -0.25) is 4.79 Å². The second kappa shape index (κ2) is 6.02. The molecule has 6 nitrogen and oxygen atoms in total. The smallest absolute Gasteiger partial charge is 0.328 e. The van der Waals surface area contributed by atoms with Gasteiger partial charge >= 0.3 is 5.97 Å². The third-order valence-electron chi connectivity index (χ3n) is 3.42. The van der Waals surface area contributed by atoms with E-state index in [1.165, 1.54) is 6.92 Å². The number of hydrogen-bond donors (Lipinski definition) is 4. The topological polar surface area (TPSA) is 98.7 Å². The minimum Gasteiger partial charge on any atom is -0.480 e. The van der Waals surface area contributed by atoms with Crippen molar-refractivity contribution in [2.24, 2.45) is 0 Å². The fourth-order valence-corrected chi connectivity index (χ4v) is 2.35. The van der Waals surface area contributed by atoms with Crippen LogP contribution in [0.15, 0.2) is 18.2 Å². The fraction of sp³-hybridized carbons (Fsp3) is 0.429. The predicted octanol–water partition coefficient (Wildman–Crippen LogP) is -0.104. The quantitative estimate of drug-likeness (QED) is 0.616. The Balaban J connectivity index is 2.23. The summed E-state index contributed by atoms with van der Waals surface area (Å²) < 4.78 is 0. The van der Waals surface area contributed by atoms with Crippen LogP contribution >= 0.6 is 0 Å². The molecule has 0 fully saturated rings. The van der Waals surface area contributed by atoms with Crippen molar-refractivity contribution in [2.75, 3.05) is 6.54 Å². The summed E-state index contributed by atoms with van der Waals surface area (Å²) in [6.45, 7) is 2.83. The molecule has 0 aromatic heterocycles. The molecule has 2 atom stereocenters. The molecule has 6 heteroatoms. The third-order valence-corrected chi connectivity index (χ3v) is 3.42. The van der Waals surface area contributed by atoms with Crippen LogP contribution in [0.4, 0.5) is 0 Å². The zero-order chi connectivity index (χ0) is 14.7. The average Bonchev–Trinajstić information content (AvgIpc) is 2.43. The van der Waals surface area contributed by atoms with E-state index < -0.39 is 24.0 Å². The molecule has 0 bridgehead atoms. The summed E-state index contributed by atoms with van der Waals surface area (Å²) in [6.07, 6.45) is -0.427. The van der Waals surface area contributed by atoms with E-state index in [-0.39, 0.29) is 0 Å². The second-order valence-electron chi connectivity index (χ2n) is 4.90. The Labute approximate surface area is 116 Å². The number of amides is 1. The standard InChI is InChI=1S/C14H18N2O4/c1-8(17)12(14(19)20)16-13(18)11-4-2-3-9-7-15-6-5-10(9)11/h2-4,8,12,15,17H,5-7H2,1H3,(H,16,18)(H,19,20)/t8-,12+/m1/s1. The molecule has 0 spiro atoms. The molecule has 1 heterocycles. The summed E-state index contributed by atoms with van der Waals surface area (Å²) in [6, 6.07) is 4.10. The van der Waals surface area contributed by atoms with Gasteiger partial charge in [-0.05, 0) is 37.1 Å². The first-order valence-electron chi connectivity index (χ1n) is 6.54. The van der Waals surface area contributed by atoms with Gasteiger partial charge in [-0.25, -0.2) is 4.79 Å². The first-order valence-corrected chi connectivity index (χ1v) is 6.54. The lowest BCUT2D eigenvalue weighted by Crippen LogP contribution is -2.48. The molecule has 0 radical (unpaired) electrons.